The first-order valence-corrected chi connectivity index (χ1v) is 6.43. The van der Waals surface area contributed by atoms with Crippen LogP contribution in [0.25, 0.3) is 0 Å². The zero-order chi connectivity index (χ0) is 17.9. The average Bonchev–Trinajstić information content (AvgIpc) is 2.53. The standard InChI is InChI=1S/C13H18O10/c14-3-8(18)12(22)13(23)11(21)6(16)1-4-5(15)2-7(17)10(20)9(4)19/h2,8,11-15,17-23H,1,3H2. The highest BCUT2D eigenvalue weighted by atomic mass is 16.4. The van der Waals surface area contributed by atoms with Crippen LogP contribution in [0.2, 0.25) is 0 Å². The van der Waals surface area contributed by atoms with Crippen molar-refractivity contribution in [2.75, 3.05) is 6.61 Å². The average molecular weight is 334 g/mol. The third-order valence-electron chi connectivity index (χ3n) is 3.27. The van der Waals surface area contributed by atoms with Crippen molar-refractivity contribution >= 4 is 5.78 Å². The summed E-state index contributed by atoms with van der Waals surface area (Å²) in [5.74, 6) is -4.73. The number of phenols is 4. The lowest BCUT2D eigenvalue weighted by atomic mass is 9.96. The molecule has 10 heteroatoms. The smallest absolute Gasteiger partial charge is 0.200 e. The van der Waals surface area contributed by atoms with Crippen molar-refractivity contribution in [1.29, 1.82) is 0 Å². The summed E-state index contributed by atoms with van der Waals surface area (Å²) in [5.41, 5.74) is -0.520. The van der Waals surface area contributed by atoms with Crippen LogP contribution in [0.4, 0.5) is 0 Å². The lowest BCUT2D eigenvalue weighted by Gasteiger charge is -2.25. The lowest BCUT2D eigenvalue weighted by molar-refractivity contribution is -0.146. The van der Waals surface area contributed by atoms with Gasteiger partial charge in [-0.25, -0.2) is 0 Å². The zero-order valence-electron chi connectivity index (χ0n) is 11.7. The Balaban J connectivity index is 2.94. The number of rotatable bonds is 7. The third kappa shape index (κ3) is 4.00. The van der Waals surface area contributed by atoms with Gasteiger partial charge in [-0.2, -0.15) is 0 Å². The molecular weight excluding hydrogens is 316 g/mol. The molecule has 1 aromatic carbocycles. The minimum absolute atomic E-state index is 0.520. The molecule has 9 N–H and O–H groups in total. The van der Waals surface area contributed by atoms with Gasteiger partial charge in [-0.3, -0.25) is 4.79 Å². The molecule has 4 atom stereocenters. The first-order valence-electron chi connectivity index (χ1n) is 6.43. The Labute approximate surface area is 129 Å². The van der Waals surface area contributed by atoms with Gasteiger partial charge in [0.15, 0.2) is 17.3 Å². The van der Waals surface area contributed by atoms with Crippen molar-refractivity contribution in [3.63, 3.8) is 0 Å². The molecule has 0 fully saturated rings. The Morgan fingerprint density at radius 2 is 1.48 bits per heavy atom. The summed E-state index contributed by atoms with van der Waals surface area (Å²) < 4.78 is 0. The van der Waals surface area contributed by atoms with Gasteiger partial charge in [0.25, 0.3) is 0 Å². The molecule has 0 aliphatic heterocycles. The van der Waals surface area contributed by atoms with Crippen molar-refractivity contribution in [3.05, 3.63) is 11.6 Å². The minimum Gasteiger partial charge on any atom is -0.507 e. The fourth-order valence-corrected chi connectivity index (χ4v) is 1.84. The van der Waals surface area contributed by atoms with Gasteiger partial charge in [0.2, 0.25) is 5.75 Å². The molecule has 0 aromatic heterocycles. The molecule has 10 nitrogen and oxygen atoms in total. The van der Waals surface area contributed by atoms with Crippen LogP contribution >= 0.6 is 0 Å². The van der Waals surface area contributed by atoms with E-state index >= 15 is 0 Å². The van der Waals surface area contributed by atoms with Gasteiger partial charge in [-0.1, -0.05) is 0 Å². The molecule has 0 saturated heterocycles. The molecule has 1 aromatic rings. The number of hydrogen-bond acceptors (Lipinski definition) is 10. The number of Topliss-reactive ketones (excluding diaryl/α,β-unsaturated/α-hetero) is 1. The Morgan fingerprint density at radius 1 is 0.913 bits per heavy atom. The molecule has 0 spiro atoms. The molecule has 4 unspecified atom stereocenters. The van der Waals surface area contributed by atoms with E-state index in [2.05, 4.69) is 0 Å². The van der Waals surface area contributed by atoms with Gasteiger partial charge in [0.05, 0.1) is 6.61 Å². The SMILES string of the molecule is O=C(Cc1c(O)cc(O)c(O)c1O)C(O)C(O)C(O)C(O)CO. The molecule has 0 radical (unpaired) electrons. The summed E-state index contributed by atoms with van der Waals surface area (Å²) in [6, 6.07) is 0.658. The number of carbonyl (C=O) groups excluding carboxylic acids is 1. The maximum absolute atomic E-state index is 11.8. The number of hydrogen-bond donors (Lipinski definition) is 9. The normalized spacial score (nSPS) is 16.6. The Hall–Kier alpha value is -2.11. The largest absolute Gasteiger partial charge is 0.507 e. The van der Waals surface area contributed by atoms with Gasteiger partial charge < -0.3 is 46.0 Å². The summed E-state index contributed by atoms with van der Waals surface area (Å²) in [4.78, 5) is 11.8. The van der Waals surface area contributed by atoms with E-state index in [1.165, 1.54) is 0 Å². The summed E-state index contributed by atoms with van der Waals surface area (Å²) in [7, 11) is 0. The highest BCUT2D eigenvalue weighted by molar-refractivity contribution is 5.87. The fourth-order valence-electron chi connectivity index (χ4n) is 1.84. The summed E-state index contributed by atoms with van der Waals surface area (Å²) in [6.07, 6.45) is -9.02. The van der Waals surface area contributed by atoms with Crippen molar-refractivity contribution in [2.45, 2.75) is 30.8 Å². The monoisotopic (exact) mass is 334 g/mol. The first kappa shape index (κ1) is 18.9. The van der Waals surface area contributed by atoms with Gasteiger partial charge in [0.1, 0.15) is 30.2 Å². The second-order valence-corrected chi connectivity index (χ2v) is 4.91. The van der Waals surface area contributed by atoms with E-state index in [4.69, 9.17) is 15.3 Å². The van der Waals surface area contributed by atoms with E-state index in [0.29, 0.717) is 6.07 Å². The second-order valence-electron chi connectivity index (χ2n) is 4.91. The molecule has 0 saturated carbocycles. The van der Waals surface area contributed by atoms with E-state index in [0.717, 1.165) is 0 Å². The van der Waals surface area contributed by atoms with E-state index in [-0.39, 0.29) is 0 Å². The molecule has 0 heterocycles. The van der Waals surface area contributed by atoms with Crippen LogP contribution in [0.5, 0.6) is 23.0 Å². The van der Waals surface area contributed by atoms with Crippen molar-refractivity contribution in [3.8, 4) is 23.0 Å². The summed E-state index contributed by atoms with van der Waals surface area (Å²) in [6.45, 7) is -0.924. The number of aromatic hydroxyl groups is 4. The van der Waals surface area contributed by atoms with E-state index in [1.807, 2.05) is 0 Å². The van der Waals surface area contributed by atoms with Crippen molar-refractivity contribution in [1.82, 2.24) is 0 Å². The van der Waals surface area contributed by atoms with E-state index < -0.39 is 71.8 Å². The molecular formula is C13H18O10. The number of carbonyl (C=O) groups is 1. The van der Waals surface area contributed by atoms with Gasteiger partial charge in [-0.15, -0.1) is 0 Å². The molecule has 23 heavy (non-hydrogen) atoms. The Bertz CT molecular complexity index is 572. The highest BCUT2D eigenvalue weighted by Gasteiger charge is 2.34. The minimum atomic E-state index is -2.21. The van der Waals surface area contributed by atoms with Crippen molar-refractivity contribution < 1.29 is 50.8 Å². The molecule has 1 rings (SSSR count). The van der Waals surface area contributed by atoms with Gasteiger partial charge in [-0.05, 0) is 0 Å². The van der Waals surface area contributed by atoms with Crippen LogP contribution in [-0.4, -0.2) is 82.8 Å². The molecule has 0 bridgehead atoms. The van der Waals surface area contributed by atoms with Gasteiger partial charge >= 0.3 is 0 Å². The molecule has 0 aliphatic rings. The van der Waals surface area contributed by atoms with E-state index in [9.17, 15) is 35.4 Å². The first-order chi connectivity index (χ1) is 10.6. The lowest BCUT2D eigenvalue weighted by Crippen LogP contribution is -2.49. The number of benzene rings is 1. The quantitative estimate of drug-likeness (QED) is 0.183. The summed E-state index contributed by atoms with van der Waals surface area (Å²) >= 11 is 0. The van der Waals surface area contributed by atoms with Crippen LogP contribution in [0.3, 0.4) is 0 Å². The number of aliphatic hydroxyl groups excluding tert-OH is 5. The summed E-state index contributed by atoms with van der Waals surface area (Å²) in [5, 5.41) is 84.0. The number of ketones is 1. The van der Waals surface area contributed by atoms with Crippen LogP contribution in [0.1, 0.15) is 5.56 Å². The maximum atomic E-state index is 11.8. The Kier molecular flexibility index (Phi) is 6.12. The van der Waals surface area contributed by atoms with Crippen LogP contribution in [0.15, 0.2) is 6.07 Å². The maximum Gasteiger partial charge on any atom is 0.200 e. The zero-order valence-corrected chi connectivity index (χ0v) is 11.7. The Morgan fingerprint density at radius 3 is 2.00 bits per heavy atom. The highest BCUT2D eigenvalue weighted by Crippen LogP contribution is 2.42. The molecule has 0 aliphatic carbocycles. The fraction of sp³-hybridized carbons (Fsp3) is 0.462. The van der Waals surface area contributed by atoms with Gasteiger partial charge in [0, 0.05) is 18.1 Å². The molecule has 0 amide bonds. The number of phenolic OH excluding ortho intramolecular Hbond substituents is 4. The number of aliphatic hydroxyl groups is 5. The van der Waals surface area contributed by atoms with Crippen molar-refractivity contribution in [2.24, 2.45) is 0 Å². The molecule has 130 valence electrons. The second kappa shape index (κ2) is 7.44. The van der Waals surface area contributed by atoms with Crippen LogP contribution in [-0.2, 0) is 11.2 Å². The third-order valence-corrected chi connectivity index (χ3v) is 3.27. The predicted octanol–water partition coefficient (Wildman–Crippen LogP) is -2.94. The topological polar surface area (TPSA) is 199 Å². The van der Waals surface area contributed by atoms with Crippen LogP contribution in [0, 0.1) is 0 Å². The predicted molar refractivity (Wildman–Crippen MR) is 72.9 cm³/mol. The van der Waals surface area contributed by atoms with Crippen LogP contribution < -0.4 is 0 Å². The van der Waals surface area contributed by atoms with E-state index in [1.54, 1.807) is 0 Å².